The highest BCUT2D eigenvalue weighted by Crippen LogP contribution is 2.14. The van der Waals surface area contributed by atoms with E-state index >= 15 is 0 Å². The van der Waals surface area contributed by atoms with Crippen LogP contribution in [-0.4, -0.2) is 30.9 Å². The molecule has 6 heteroatoms. The summed E-state index contributed by atoms with van der Waals surface area (Å²) in [7, 11) is 0. The SMILES string of the molecule is CCCOC(=O)c1ccc(NC(=O)COc2ccc(C(C)=O)cc2)cc1. The summed E-state index contributed by atoms with van der Waals surface area (Å²) in [5.41, 5.74) is 1.56. The van der Waals surface area contributed by atoms with Gasteiger partial charge in [-0.2, -0.15) is 0 Å². The molecule has 0 spiro atoms. The molecule has 0 aliphatic rings. The average Bonchev–Trinajstić information content (AvgIpc) is 2.65. The van der Waals surface area contributed by atoms with Crippen LogP contribution in [0.25, 0.3) is 0 Å². The smallest absolute Gasteiger partial charge is 0.338 e. The minimum absolute atomic E-state index is 0.0312. The molecule has 0 aliphatic heterocycles. The lowest BCUT2D eigenvalue weighted by Gasteiger charge is -2.08. The van der Waals surface area contributed by atoms with Crippen molar-refractivity contribution in [1.82, 2.24) is 0 Å². The number of ether oxygens (including phenoxy) is 2. The van der Waals surface area contributed by atoms with E-state index in [1.54, 1.807) is 48.5 Å². The maximum atomic E-state index is 11.9. The third-order valence-corrected chi connectivity index (χ3v) is 3.47. The summed E-state index contributed by atoms with van der Waals surface area (Å²) in [5.74, 6) is -0.250. The van der Waals surface area contributed by atoms with Gasteiger partial charge in [0.1, 0.15) is 5.75 Å². The standard InChI is InChI=1S/C20H21NO5/c1-3-12-25-20(24)16-4-8-17(9-5-16)21-19(23)13-26-18-10-6-15(7-11-18)14(2)22/h4-11H,3,12-13H2,1-2H3,(H,21,23). The number of rotatable bonds is 8. The van der Waals surface area contributed by atoms with E-state index in [1.165, 1.54) is 6.92 Å². The molecule has 2 rings (SSSR count). The fourth-order valence-electron chi connectivity index (χ4n) is 2.10. The van der Waals surface area contributed by atoms with Crippen LogP contribution in [0, 0.1) is 0 Å². The third-order valence-electron chi connectivity index (χ3n) is 3.47. The third kappa shape index (κ3) is 5.73. The molecule has 0 radical (unpaired) electrons. The minimum atomic E-state index is -0.387. The number of hydrogen-bond acceptors (Lipinski definition) is 5. The molecule has 0 unspecified atom stereocenters. The predicted octanol–water partition coefficient (Wildman–Crippen LogP) is 3.47. The molecule has 0 saturated heterocycles. The van der Waals surface area contributed by atoms with Gasteiger partial charge in [-0.25, -0.2) is 4.79 Å². The number of amides is 1. The van der Waals surface area contributed by atoms with E-state index in [4.69, 9.17) is 9.47 Å². The second kappa shape index (κ2) is 9.36. The van der Waals surface area contributed by atoms with Crippen LogP contribution in [0.15, 0.2) is 48.5 Å². The van der Waals surface area contributed by atoms with E-state index in [2.05, 4.69) is 5.32 Å². The van der Waals surface area contributed by atoms with E-state index in [0.717, 1.165) is 6.42 Å². The van der Waals surface area contributed by atoms with Gasteiger partial charge in [0.15, 0.2) is 12.4 Å². The van der Waals surface area contributed by atoms with Crippen molar-refractivity contribution in [3.8, 4) is 5.75 Å². The summed E-state index contributed by atoms with van der Waals surface area (Å²) in [5, 5.41) is 2.68. The number of nitrogens with one attached hydrogen (secondary N) is 1. The Kier molecular flexibility index (Phi) is 6.91. The molecule has 2 aromatic carbocycles. The zero-order chi connectivity index (χ0) is 18.9. The number of esters is 1. The zero-order valence-corrected chi connectivity index (χ0v) is 14.8. The van der Waals surface area contributed by atoms with Gasteiger partial charge >= 0.3 is 5.97 Å². The number of hydrogen-bond donors (Lipinski definition) is 1. The molecule has 2 aromatic rings. The fourth-order valence-corrected chi connectivity index (χ4v) is 2.10. The van der Waals surface area contributed by atoms with E-state index in [0.29, 0.717) is 29.2 Å². The van der Waals surface area contributed by atoms with Gasteiger partial charge in [-0.05, 0) is 61.9 Å². The van der Waals surface area contributed by atoms with E-state index in [9.17, 15) is 14.4 Å². The molecule has 0 atom stereocenters. The quantitative estimate of drug-likeness (QED) is 0.579. The van der Waals surface area contributed by atoms with Gasteiger partial charge in [-0.1, -0.05) is 6.92 Å². The summed E-state index contributed by atoms with van der Waals surface area (Å²) < 4.78 is 10.4. The monoisotopic (exact) mass is 355 g/mol. The van der Waals surface area contributed by atoms with Crippen molar-refractivity contribution >= 4 is 23.3 Å². The Labute approximate surface area is 152 Å². The van der Waals surface area contributed by atoms with Gasteiger partial charge in [0, 0.05) is 11.3 Å². The number of ketones is 1. The first-order valence-corrected chi connectivity index (χ1v) is 8.30. The van der Waals surface area contributed by atoms with Crippen LogP contribution < -0.4 is 10.1 Å². The molecule has 1 N–H and O–H groups in total. The molecule has 0 bridgehead atoms. The van der Waals surface area contributed by atoms with Crippen molar-refractivity contribution < 1.29 is 23.9 Å². The molecule has 6 nitrogen and oxygen atoms in total. The fraction of sp³-hybridized carbons (Fsp3) is 0.250. The highest BCUT2D eigenvalue weighted by molar-refractivity contribution is 5.94. The summed E-state index contributed by atoms with van der Waals surface area (Å²) >= 11 is 0. The Balaban J connectivity index is 1.83. The van der Waals surface area contributed by atoms with Gasteiger partial charge in [0.25, 0.3) is 5.91 Å². The predicted molar refractivity (Wildman–Crippen MR) is 97.6 cm³/mol. The molecule has 0 fully saturated rings. The molecule has 26 heavy (non-hydrogen) atoms. The lowest BCUT2D eigenvalue weighted by Crippen LogP contribution is -2.20. The average molecular weight is 355 g/mol. The zero-order valence-electron chi connectivity index (χ0n) is 14.8. The lowest BCUT2D eigenvalue weighted by molar-refractivity contribution is -0.118. The number of Topliss-reactive ketones (excluding diaryl/α,β-unsaturated/α-hetero) is 1. The molecule has 0 saturated carbocycles. The lowest BCUT2D eigenvalue weighted by atomic mass is 10.1. The Bertz CT molecular complexity index is 766. The number of carbonyl (C=O) groups excluding carboxylic acids is 3. The van der Waals surface area contributed by atoms with Crippen LogP contribution in [-0.2, 0) is 9.53 Å². The van der Waals surface area contributed by atoms with Crippen LogP contribution in [0.5, 0.6) is 5.75 Å². The van der Waals surface area contributed by atoms with Crippen molar-refractivity contribution in [2.45, 2.75) is 20.3 Å². The van der Waals surface area contributed by atoms with Crippen LogP contribution in [0.4, 0.5) is 5.69 Å². The summed E-state index contributed by atoms with van der Waals surface area (Å²) in [6, 6.07) is 13.0. The first-order valence-electron chi connectivity index (χ1n) is 8.30. The molecule has 136 valence electrons. The first-order chi connectivity index (χ1) is 12.5. The Morgan fingerprint density at radius 2 is 1.54 bits per heavy atom. The first kappa shape index (κ1) is 19.2. The van der Waals surface area contributed by atoms with E-state index < -0.39 is 0 Å². The second-order valence-corrected chi connectivity index (χ2v) is 5.63. The molecule has 1 amide bonds. The van der Waals surface area contributed by atoms with Gasteiger partial charge < -0.3 is 14.8 Å². The molecule has 0 aromatic heterocycles. The normalized spacial score (nSPS) is 10.1. The molecular weight excluding hydrogens is 334 g/mol. The van der Waals surface area contributed by atoms with E-state index in [-0.39, 0.29) is 24.3 Å². The largest absolute Gasteiger partial charge is 0.484 e. The maximum absolute atomic E-state index is 11.9. The van der Waals surface area contributed by atoms with E-state index in [1.807, 2.05) is 6.92 Å². The van der Waals surface area contributed by atoms with Crippen molar-refractivity contribution in [3.63, 3.8) is 0 Å². The Morgan fingerprint density at radius 3 is 2.12 bits per heavy atom. The summed E-state index contributed by atoms with van der Waals surface area (Å²) in [4.78, 5) is 34.9. The summed E-state index contributed by atoms with van der Waals surface area (Å²) in [6.45, 7) is 3.62. The van der Waals surface area contributed by atoms with Gasteiger partial charge in [0.2, 0.25) is 0 Å². The number of anilines is 1. The van der Waals surface area contributed by atoms with Crippen LogP contribution >= 0.6 is 0 Å². The van der Waals surface area contributed by atoms with Gasteiger partial charge in [-0.15, -0.1) is 0 Å². The number of benzene rings is 2. The highest BCUT2D eigenvalue weighted by atomic mass is 16.5. The van der Waals surface area contributed by atoms with Crippen molar-refractivity contribution in [2.75, 3.05) is 18.5 Å². The molecule has 0 heterocycles. The van der Waals surface area contributed by atoms with Crippen LogP contribution in [0.3, 0.4) is 0 Å². The topological polar surface area (TPSA) is 81.7 Å². The van der Waals surface area contributed by atoms with Crippen molar-refractivity contribution in [1.29, 1.82) is 0 Å². The van der Waals surface area contributed by atoms with Gasteiger partial charge in [0.05, 0.1) is 12.2 Å². The van der Waals surface area contributed by atoms with Crippen molar-refractivity contribution in [3.05, 3.63) is 59.7 Å². The maximum Gasteiger partial charge on any atom is 0.338 e. The van der Waals surface area contributed by atoms with Crippen LogP contribution in [0.1, 0.15) is 41.0 Å². The van der Waals surface area contributed by atoms with Crippen molar-refractivity contribution in [2.24, 2.45) is 0 Å². The van der Waals surface area contributed by atoms with Crippen LogP contribution in [0.2, 0.25) is 0 Å². The highest BCUT2D eigenvalue weighted by Gasteiger charge is 2.08. The number of carbonyl (C=O) groups is 3. The molecule has 0 aliphatic carbocycles. The second-order valence-electron chi connectivity index (χ2n) is 5.63. The minimum Gasteiger partial charge on any atom is -0.484 e. The Morgan fingerprint density at radius 1 is 0.923 bits per heavy atom. The summed E-state index contributed by atoms with van der Waals surface area (Å²) in [6.07, 6.45) is 0.761. The van der Waals surface area contributed by atoms with Gasteiger partial charge in [-0.3, -0.25) is 9.59 Å². The molecular formula is C20H21NO5. The Hall–Kier alpha value is -3.15.